The molecular formula is C14H17ClN4. The van der Waals surface area contributed by atoms with Crippen LogP contribution in [0.1, 0.15) is 19.3 Å². The normalized spacial score (nSPS) is 19.8. The topological polar surface area (TPSA) is 41.9 Å². The maximum Gasteiger partial charge on any atom is 0.245 e. The lowest BCUT2D eigenvalue weighted by atomic mass is 9.96. The summed E-state index contributed by atoms with van der Waals surface area (Å²) in [6.07, 6.45) is 3.50. The highest BCUT2D eigenvalue weighted by Crippen LogP contribution is 2.23. The standard InChI is InChI=1S/C14H17ClN4/c15-8-7-11-4-3-9-19(10-11)14-16-12-5-1-2-6-13(12)17-18-14/h1-2,5-6,11H,3-4,7-10H2. The smallest absolute Gasteiger partial charge is 0.245 e. The van der Waals surface area contributed by atoms with Crippen LogP contribution in [-0.2, 0) is 0 Å². The Bertz CT molecular complexity index is 558. The van der Waals surface area contributed by atoms with Crippen molar-refractivity contribution in [1.82, 2.24) is 15.2 Å². The highest BCUT2D eigenvalue weighted by atomic mass is 35.5. The van der Waals surface area contributed by atoms with Gasteiger partial charge in [0.15, 0.2) is 0 Å². The SMILES string of the molecule is ClCCC1CCCN(c2nnc3ccccc3n2)C1. The Hall–Kier alpha value is -1.42. The molecule has 2 heterocycles. The second kappa shape index (κ2) is 5.70. The molecule has 0 bridgehead atoms. The number of benzene rings is 1. The van der Waals surface area contributed by atoms with Gasteiger partial charge in [0.25, 0.3) is 0 Å². The molecule has 19 heavy (non-hydrogen) atoms. The summed E-state index contributed by atoms with van der Waals surface area (Å²) < 4.78 is 0. The monoisotopic (exact) mass is 276 g/mol. The summed E-state index contributed by atoms with van der Waals surface area (Å²) in [5.74, 6) is 2.13. The molecule has 0 N–H and O–H groups in total. The molecule has 100 valence electrons. The van der Waals surface area contributed by atoms with Gasteiger partial charge < -0.3 is 4.90 Å². The van der Waals surface area contributed by atoms with Gasteiger partial charge in [-0.1, -0.05) is 12.1 Å². The van der Waals surface area contributed by atoms with Crippen molar-refractivity contribution in [2.75, 3.05) is 23.9 Å². The van der Waals surface area contributed by atoms with Crippen LogP contribution in [0.25, 0.3) is 11.0 Å². The zero-order valence-corrected chi connectivity index (χ0v) is 11.6. The molecule has 0 aliphatic carbocycles. The van der Waals surface area contributed by atoms with Crippen molar-refractivity contribution in [3.8, 4) is 0 Å². The summed E-state index contributed by atoms with van der Waals surface area (Å²) in [6.45, 7) is 2.01. The summed E-state index contributed by atoms with van der Waals surface area (Å²) >= 11 is 5.84. The van der Waals surface area contributed by atoms with Gasteiger partial charge in [-0.15, -0.1) is 21.8 Å². The molecule has 0 radical (unpaired) electrons. The molecular weight excluding hydrogens is 260 g/mol. The average Bonchev–Trinajstić information content (AvgIpc) is 2.47. The van der Waals surface area contributed by atoms with E-state index in [1.807, 2.05) is 24.3 Å². The number of rotatable bonds is 3. The van der Waals surface area contributed by atoms with Gasteiger partial charge in [-0.2, -0.15) is 0 Å². The van der Waals surface area contributed by atoms with Crippen molar-refractivity contribution in [3.63, 3.8) is 0 Å². The van der Waals surface area contributed by atoms with E-state index >= 15 is 0 Å². The molecule has 1 unspecified atom stereocenters. The number of para-hydroxylation sites is 1. The molecule has 0 saturated carbocycles. The number of fused-ring (bicyclic) bond motifs is 1. The lowest BCUT2D eigenvalue weighted by molar-refractivity contribution is 0.402. The lowest BCUT2D eigenvalue weighted by Crippen LogP contribution is -2.36. The number of halogens is 1. The van der Waals surface area contributed by atoms with Crippen LogP contribution in [0.5, 0.6) is 0 Å². The fourth-order valence-corrected chi connectivity index (χ4v) is 2.95. The minimum Gasteiger partial charge on any atom is -0.339 e. The Kier molecular flexibility index (Phi) is 3.78. The summed E-state index contributed by atoms with van der Waals surface area (Å²) in [5.41, 5.74) is 1.76. The first kappa shape index (κ1) is 12.6. The molecule has 0 spiro atoms. The summed E-state index contributed by atoms with van der Waals surface area (Å²) in [5, 5.41) is 8.50. The van der Waals surface area contributed by atoms with E-state index in [9.17, 15) is 0 Å². The number of nitrogens with zero attached hydrogens (tertiary/aromatic N) is 4. The van der Waals surface area contributed by atoms with Gasteiger partial charge in [0.05, 0.1) is 5.52 Å². The first-order valence-electron chi connectivity index (χ1n) is 6.77. The van der Waals surface area contributed by atoms with Crippen LogP contribution in [-0.4, -0.2) is 34.2 Å². The molecule has 2 aromatic rings. The largest absolute Gasteiger partial charge is 0.339 e. The highest BCUT2D eigenvalue weighted by Gasteiger charge is 2.21. The predicted octanol–water partition coefficient (Wildman–Crippen LogP) is 2.87. The molecule has 1 aliphatic rings. The van der Waals surface area contributed by atoms with E-state index in [4.69, 9.17) is 11.6 Å². The van der Waals surface area contributed by atoms with Crippen LogP contribution in [0, 0.1) is 5.92 Å². The fourth-order valence-electron chi connectivity index (χ4n) is 2.64. The minimum atomic E-state index is 0.654. The second-order valence-corrected chi connectivity index (χ2v) is 5.41. The van der Waals surface area contributed by atoms with E-state index in [0.717, 1.165) is 42.4 Å². The van der Waals surface area contributed by atoms with Crippen molar-refractivity contribution in [3.05, 3.63) is 24.3 Å². The van der Waals surface area contributed by atoms with Crippen molar-refractivity contribution >= 4 is 28.6 Å². The zero-order valence-electron chi connectivity index (χ0n) is 10.8. The Labute approximate surface area is 117 Å². The third-order valence-electron chi connectivity index (χ3n) is 3.67. The van der Waals surface area contributed by atoms with Crippen molar-refractivity contribution in [2.45, 2.75) is 19.3 Å². The Morgan fingerprint density at radius 3 is 2.89 bits per heavy atom. The van der Waals surface area contributed by atoms with Gasteiger partial charge in [0.2, 0.25) is 5.95 Å². The Balaban J connectivity index is 1.83. The van der Waals surface area contributed by atoms with E-state index in [1.165, 1.54) is 12.8 Å². The van der Waals surface area contributed by atoms with Crippen LogP contribution < -0.4 is 4.90 Å². The highest BCUT2D eigenvalue weighted by molar-refractivity contribution is 6.17. The molecule has 1 saturated heterocycles. The van der Waals surface area contributed by atoms with E-state index in [1.54, 1.807) is 0 Å². The van der Waals surface area contributed by atoms with Gasteiger partial charge in [0, 0.05) is 19.0 Å². The molecule has 1 aromatic heterocycles. The summed E-state index contributed by atoms with van der Waals surface area (Å²) in [7, 11) is 0. The number of hydrogen-bond acceptors (Lipinski definition) is 4. The number of alkyl halides is 1. The molecule has 0 amide bonds. The first-order valence-corrected chi connectivity index (χ1v) is 7.30. The predicted molar refractivity (Wildman–Crippen MR) is 77.6 cm³/mol. The van der Waals surface area contributed by atoms with E-state index in [2.05, 4.69) is 20.1 Å². The van der Waals surface area contributed by atoms with E-state index < -0.39 is 0 Å². The molecule has 1 aliphatic heterocycles. The lowest BCUT2D eigenvalue weighted by Gasteiger charge is -2.32. The van der Waals surface area contributed by atoms with Crippen molar-refractivity contribution < 1.29 is 0 Å². The Morgan fingerprint density at radius 2 is 2.05 bits per heavy atom. The third-order valence-corrected chi connectivity index (χ3v) is 3.89. The van der Waals surface area contributed by atoms with Crippen LogP contribution >= 0.6 is 11.6 Å². The fraction of sp³-hybridized carbons (Fsp3) is 0.500. The van der Waals surface area contributed by atoms with E-state index in [-0.39, 0.29) is 0 Å². The number of anilines is 1. The maximum absolute atomic E-state index is 5.84. The molecule has 3 rings (SSSR count). The van der Waals surface area contributed by atoms with Crippen molar-refractivity contribution in [1.29, 1.82) is 0 Å². The maximum atomic E-state index is 5.84. The molecule has 5 heteroatoms. The summed E-state index contributed by atoms with van der Waals surface area (Å²) in [6, 6.07) is 7.85. The van der Waals surface area contributed by atoms with Gasteiger partial charge in [0.1, 0.15) is 5.52 Å². The zero-order chi connectivity index (χ0) is 13.1. The van der Waals surface area contributed by atoms with E-state index in [0.29, 0.717) is 5.92 Å². The van der Waals surface area contributed by atoms with Gasteiger partial charge in [-0.05, 0) is 37.3 Å². The Morgan fingerprint density at radius 1 is 1.21 bits per heavy atom. The first-order chi connectivity index (χ1) is 9.36. The van der Waals surface area contributed by atoms with Gasteiger partial charge in [-0.25, -0.2) is 4.98 Å². The number of piperidine rings is 1. The minimum absolute atomic E-state index is 0.654. The van der Waals surface area contributed by atoms with Crippen LogP contribution in [0.4, 0.5) is 5.95 Å². The molecule has 1 fully saturated rings. The molecule has 1 aromatic carbocycles. The number of hydrogen-bond donors (Lipinski definition) is 0. The van der Waals surface area contributed by atoms with Crippen molar-refractivity contribution in [2.24, 2.45) is 5.92 Å². The summed E-state index contributed by atoms with van der Waals surface area (Å²) in [4.78, 5) is 6.85. The number of aromatic nitrogens is 3. The molecule has 4 nitrogen and oxygen atoms in total. The van der Waals surface area contributed by atoms with Gasteiger partial charge >= 0.3 is 0 Å². The van der Waals surface area contributed by atoms with Gasteiger partial charge in [-0.3, -0.25) is 0 Å². The third kappa shape index (κ3) is 2.78. The van der Waals surface area contributed by atoms with Crippen LogP contribution in [0.3, 0.4) is 0 Å². The average molecular weight is 277 g/mol. The molecule has 1 atom stereocenters. The van der Waals surface area contributed by atoms with Crippen LogP contribution in [0.15, 0.2) is 24.3 Å². The second-order valence-electron chi connectivity index (χ2n) is 5.03. The van der Waals surface area contributed by atoms with Crippen LogP contribution in [0.2, 0.25) is 0 Å². The quantitative estimate of drug-likeness (QED) is 0.809.